The summed E-state index contributed by atoms with van der Waals surface area (Å²) in [7, 11) is 0. The summed E-state index contributed by atoms with van der Waals surface area (Å²) in [5, 5.41) is 3.06. The molecular weight excluding hydrogens is 307 g/mol. The Hall–Kier alpha value is -1.62. The van der Waals surface area contributed by atoms with Gasteiger partial charge in [0.25, 0.3) is 0 Å². The molecule has 1 unspecified atom stereocenters. The van der Waals surface area contributed by atoms with E-state index in [4.69, 9.17) is 11.6 Å². The minimum Gasteiger partial charge on any atom is -0.350 e. The molecule has 2 rings (SSSR count). The summed E-state index contributed by atoms with van der Waals surface area (Å²) in [6.07, 6.45) is 0.941. The fourth-order valence-corrected chi connectivity index (χ4v) is 2.83. The van der Waals surface area contributed by atoms with E-state index in [2.05, 4.69) is 5.32 Å². The second-order valence-corrected chi connectivity index (χ2v) is 6.36. The maximum Gasteiger partial charge on any atom is 0.243 e. The molecule has 1 N–H and O–H groups in total. The number of halogens is 2. The summed E-state index contributed by atoms with van der Waals surface area (Å²) in [5.41, 5.74) is 0.649. The number of amides is 2. The average molecular weight is 327 g/mol. The summed E-state index contributed by atoms with van der Waals surface area (Å²) in [6.45, 7) is 4.82. The highest BCUT2D eigenvalue weighted by molar-refractivity contribution is 6.31. The first kappa shape index (κ1) is 16.7. The predicted molar refractivity (Wildman–Crippen MR) is 82.8 cm³/mol. The van der Waals surface area contributed by atoms with Crippen molar-refractivity contribution in [1.29, 1.82) is 0 Å². The van der Waals surface area contributed by atoms with Crippen molar-refractivity contribution in [2.75, 3.05) is 6.54 Å². The number of rotatable bonds is 5. The lowest BCUT2D eigenvalue weighted by atomic mass is 10.1. The molecule has 0 bridgehead atoms. The molecule has 4 nitrogen and oxygen atoms in total. The SMILES string of the molecule is CC(C)CN1C(=O)CCC1C(=O)NCc1ccc(F)cc1Cl. The van der Waals surface area contributed by atoms with Gasteiger partial charge >= 0.3 is 0 Å². The van der Waals surface area contributed by atoms with Crippen LogP contribution in [0, 0.1) is 11.7 Å². The Balaban J connectivity index is 1.98. The first-order valence-corrected chi connectivity index (χ1v) is 7.77. The van der Waals surface area contributed by atoms with Crippen LogP contribution in [0.3, 0.4) is 0 Å². The molecule has 0 spiro atoms. The number of hydrogen-bond donors (Lipinski definition) is 1. The van der Waals surface area contributed by atoms with Crippen molar-refractivity contribution in [3.05, 3.63) is 34.6 Å². The van der Waals surface area contributed by atoms with Crippen molar-refractivity contribution in [2.24, 2.45) is 5.92 Å². The number of carbonyl (C=O) groups is 2. The zero-order valence-corrected chi connectivity index (χ0v) is 13.5. The van der Waals surface area contributed by atoms with Gasteiger partial charge in [0.1, 0.15) is 11.9 Å². The van der Waals surface area contributed by atoms with Gasteiger partial charge in [-0.25, -0.2) is 4.39 Å². The van der Waals surface area contributed by atoms with Gasteiger partial charge in [-0.15, -0.1) is 0 Å². The van der Waals surface area contributed by atoms with Crippen LogP contribution in [0.1, 0.15) is 32.3 Å². The van der Waals surface area contributed by atoms with E-state index in [0.29, 0.717) is 30.9 Å². The molecule has 1 aromatic carbocycles. The number of likely N-dealkylation sites (tertiary alicyclic amines) is 1. The van der Waals surface area contributed by atoms with Crippen molar-refractivity contribution in [3.8, 4) is 0 Å². The summed E-state index contributed by atoms with van der Waals surface area (Å²) in [6, 6.07) is 3.64. The first-order valence-electron chi connectivity index (χ1n) is 7.39. The Kier molecular flexibility index (Phi) is 5.40. The van der Waals surface area contributed by atoms with Gasteiger partial charge in [-0.1, -0.05) is 31.5 Å². The summed E-state index contributed by atoms with van der Waals surface area (Å²) in [4.78, 5) is 25.8. The minimum atomic E-state index is -0.422. The molecule has 1 aliphatic rings. The lowest BCUT2D eigenvalue weighted by molar-refractivity contribution is -0.135. The maximum atomic E-state index is 13.0. The monoisotopic (exact) mass is 326 g/mol. The third-order valence-electron chi connectivity index (χ3n) is 3.66. The van der Waals surface area contributed by atoms with Gasteiger partial charge in [0.05, 0.1) is 0 Å². The molecule has 1 heterocycles. The third kappa shape index (κ3) is 3.97. The van der Waals surface area contributed by atoms with Crippen molar-refractivity contribution < 1.29 is 14.0 Å². The molecule has 0 radical (unpaired) electrons. The average Bonchev–Trinajstić information content (AvgIpc) is 2.78. The number of hydrogen-bond acceptors (Lipinski definition) is 2. The van der Waals surface area contributed by atoms with Crippen molar-refractivity contribution in [2.45, 2.75) is 39.3 Å². The molecule has 1 aliphatic heterocycles. The quantitative estimate of drug-likeness (QED) is 0.904. The second kappa shape index (κ2) is 7.09. The number of benzene rings is 1. The summed E-state index contributed by atoms with van der Waals surface area (Å²) >= 11 is 5.94. The third-order valence-corrected chi connectivity index (χ3v) is 4.01. The molecule has 1 fully saturated rings. The summed E-state index contributed by atoms with van der Waals surface area (Å²) < 4.78 is 13.0. The van der Waals surface area contributed by atoms with Crippen LogP contribution in [0.2, 0.25) is 5.02 Å². The normalized spacial score (nSPS) is 18.1. The molecule has 120 valence electrons. The predicted octanol–water partition coefficient (Wildman–Crippen LogP) is 2.74. The van der Waals surface area contributed by atoms with Crippen LogP contribution >= 0.6 is 11.6 Å². The van der Waals surface area contributed by atoms with Crippen LogP contribution < -0.4 is 5.32 Å². The number of carbonyl (C=O) groups excluding carboxylic acids is 2. The van der Waals surface area contributed by atoms with Gasteiger partial charge < -0.3 is 10.2 Å². The Labute approximate surface area is 134 Å². The van der Waals surface area contributed by atoms with E-state index < -0.39 is 11.9 Å². The highest BCUT2D eigenvalue weighted by Gasteiger charge is 2.35. The van der Waals surface area contributed by atoms with Crippen LogP contribution in [0.15, 0.2) is 18.2 Å². The molecule has 0 aromatic heterocycles. The Bertz CT molecular complexity index is 577. The number of nitrogens with one attached hydrogen (secondary N) is 1. The van der Waals surface area contributed by atoms with Gasteiger partial charge in [0.2, 0.25) is 11.8 Å². The summed E-state index contributed by atoms with van der Waals surface area (Å²) in [5.74, 6) is -0.269. The van der Waals surface area contributed by atoms with Gasteiger partial charge in [-0.3, -0.25) is 9.59 Å². The minimum absolute atomic E-state index is 0.0219. The lowest BCUT2D eigenvalue weighted by Gasteiger charge is -2.25. The van der Waals surface area contributed by atoms with Crippen LogP contribution in [-0.4, -0.2) is 29.3 Å². The van der Waals surface area contributed by atoms with E-state index >= 15 is 0 Å². The molecule has 1 saturated heterocycles. The van der Waals surface area contributed by atoms with Gasteiger partial charge in [-0.2, -0.15) is 0 Å². The van der Waals surface area contributed by atoms with Crippen molar-refractivity contribution >= 4 is 23.4 Å². The second-order valence-electron chi connectivity index (χ2n) is 5.95. The number of nitrogens with zero attached hydrogens (tertiary/aromatic N) is 1. The molecule has 22 heavy (non-hydrogen) atoms. The standard InChI is InChI=1S/C16H20ClFN2O2/c1-10(2)9-20-14(5-6-15(20)21)16(22)19-8-11-3-4-12(18)7-13(11)17/h3-4,7,10,14H,5-6,8-9H2,1-2H3,(H,19,22). The maximum absolute atomic E-state index is 13.0. The Morgan fingerprint density at radius 3 is 2.86 bits per heavy atom. The molecular formula is C16H20ClFN2O2. The van der Waals surface area contributed by atoms with Gasteiger partial charge in [0, 0.05) is 24.5 Å². The Morgan fingerprint density at radius 1 is 1.50 bits per heavy atom. The fourth-order valence-electron chi connectivity index (χ4n) is 2.59. The fraction of sp³-hybridized carbons (Fsp3) is 0.500. The van der Waals surface area contributed by atoms with Crippen LogP contribution in [0.5, 0.6) is 0 Å². The molecule has 2 amide bonds. The molecule has 1 aromatic rings. The smallest absolute Gasteiger partial charge is 0.243 e. The van der Waals surface area contributed by atoms with E-state index in [1.807, 2.05) is 13.8 Å². The topological polar surface area (TPSA) is 49.4 Å². The van der Waals surface area contributed by atoms with E-state index in [0.717, 1.165) is 0 Å². The van der Waals surface area contributed by atoms with Crippen molar-refractivity contribution in [1.82, 2.24) is 10.2 Å². The van der Waals surface area contributed by atoms with E-state index in [1.54, 1.807) is 11.0 Å². The Morgan fingerprint density at radius 2 is 2.23 bits per heavy atom. The lowest BCUT2D eigenvalue weighted by Crippen LogP contribution is -2.45. The van der Waals surface area contributed by atoms with Crippen LogP contribution in [0.25, 0.3) is 0 Å². The zero-order chi connectivity index (χ0) is 16.3. The molecule has 0 saturated carbocycles. The highest BCUT2D eigenvalue weighted by Crippen LogP contribution is 2.21. The largest absolute Gasteiger partial charge is 0.350 e. The molecule has 0 aliphatic carbocycles. The highest BCUT2D eigenvalue weighted by atomic mass is 35.5. The van der Waals surface area contributed by atoms with Gasteiger partial charge in [-0.05, 0) is 30.0 Å². The van der Waals surface area contributed by atoms with E-state index in [1.165, 1.54) is 12.1 Å². The van der Waals surface area contributed by atoms with E-state index in [-0.39, 0.29) is 23.4 Å². The molecule has 1 atom stereocenters. The van der Waals surface area contributed by atoms with Crippen molar-refractivity contribution in [3.63, 3.8) is 0 Å². The van der Waals surface area contributed by atoms with E-state index in [9.17, 15) is 14.0 Å². The zero-order valence-electron chi connectivity index (χ0n) is 12.7. The van der Waals surface area contributed by atoms with Crippen LogP contribution in [0.4, 0.5) is 4.39 Å². The molecule has 6 heteroatoms. The van der Waals surface area contributed by atoms with Crippen LogP contribution in [-0.2, 0) is 16.1 Å². The van der Waals surface area contributed by atoms with Gasteiger partial charge in [0.15, 0.2) is 0 Å². The first-order chi connectivity index (χ1) is 10.4.